The second-order valence-electron chi connectivity index (χ2n) is 7.97. The number of benzene rings is 1. The smallest absolute Gasteiger partial charge is 0.254 e. The van der Waals surface area contributed by atoms with Crippen molar-refractivity contribution in [3.8, 4) is 11.5 Å². The van der Waals surface area contributed by atoms with Crippen molar-refractivity contribution >= 4 is 17.5 Å². The fraction of sp³-hybridized carbons (Fsp3) is 0.500. The van der Waals surface area contributed by atoms with Gasteiger partial charge in [0.25, 0.3) is 5.91 Å². The number of anilines is 1. The molecule has 1 saturated heterocycles. The molecule has 2 aromatic rings. The Balaban J connectivity index is 1.52. The molecule has 30 heavy (non-hydrogen) atoms. The van der Waals surface area contributed by atoms with Crippen molar-refractivity contribution in [1.82, 2.24) is 14.7 Å². The lowest BCUT2D eigenvalue weighted by Gasteiger charge is -2.44. The van der Waals surface area contributed by atoms with E-state index < -0.39 is 0 Å². The number of methoxy groups -OCH3 is 2. The number of hydrogen-bond acceptors (Lipinski definition) is 5. The van der Waals surface area contributed by atoms with Crippen LogP contribution in [0.4, 0.5) is 5.69 Å². The number of hydrogen-bond donors (Lipinski definition) is 1. The Hall–Kier alpha value is -3.03. The number of nitrogens with one attached hydrogen (secondary N) is 1. The zero-order valence-electron chi connectivity index (χ0n) is 17.7. The zero-order valence-corrected chi connectivity index (χ0v) is 17.7. The third-order valence-electron chi connectivity index (χ3n) is 6.24. The van der Waals surface area contributed by atoms with Gasteiger partial charge >= 0.3 is 0 Å². The number of carbonyl (C=O) groups is 2. The summed E-state index contributed by atoms with van der Waals surface area (Å²) in [7, 11) is 4.89. The number of carbonyl (C=O) groups excluding carboxylic acids is 2. The molecular weight excluding hydrogens is 384 g/mol. The third kappa shape index (κ3) is 3.74. The van der Waals surface area contributed by atoms with Gasteiger partial charge in [-0.25, -0.2) is 0 Å². The van der Waals surface area contributed by atoms with E-state index in [2.05, 4.69) is 10.4 Å². The molecule has 0 radical (unpaired) electrons. The van der Waals surface area contributed by atoms with Crippen molar-refractivity contribution in [2.45, 2.75) is 38.1 Å². The van der Waals surface area contributed by atoms with Gasteiger partial charge in [-0.1, -0.05) is 6.42 Å². The monoisotopic (exact) mass is 412 g/mol. The predicted octanol–water partition coefficient (Wildman–Crippen LogP) is 2.63. The van der Waals surface area contributed by atoms with Gasteiger partial charge in [0, 0.05) is 43.5 Å². The van der Waals surface area contributed by atoms with E-state index in [1.807, 2.05) is 18.0 Å². The minimum atomic E-state index is -0.166. The van der Waals surface area contributed by atoms with E-state index in [1.165, 1.54) is 27.1 Å². The molecule has 0 unspecified atom stereocenters. The summed E-state index contributed by atoms with van der Waals surface area (Å²) in [5.41, 5.74) is 1.92. The van der Waals surface area contributed by atoms with Gasteiger partial charge in [-0.05, 0) is 43.4 Å². The maximum Gasteiger partial charge on any atom is 0.254 e. The molecule has 2 amide bonds. The molecule has 160 valence electrons. The van der Waals surface area contributed by atoms with Crippen LogP contribution in [0.5, 0.6) is 11.5 Å². The summed E-state index contributed by atoms with van der Waals surface area (Å²) < 4.78 is 12.7. The van der Waals surface area contributed by atoms with Crippen molar-refractivity contribution in [2.75, 3.05) is 26.1 Å². The van der Waals surface area contributed by atoms with E-state index in [-0.39, 0.29) is 11.8 Å². The van der Waals surface area contributed by atoms with Gasteiger partial charge in [-0.15, -0.1) is 0 Å². The Morgan fingerprint density at radius 1 is 1.23 bits per heavy atom. The topological polar surface area (TPSA) is 85.7 Å². The molecule has 1 aromatic carbocycles. The lowest BCUT2D eigenvalue weighted by molar-refractivity contribution is -0.116. The third-order valence-corrected chi connectivity index (χ3v) is 6.24. The van der Waals surface area contributed by atoms with Crippen LogP contribution in [-0.4, -0.2) is 53.3 Å². The van der Waals surface area contributed by atoms with Crippen molar-refractivity contribution < 1.29 is 19.1 Å². The maximum absolute atomic E-state index is 13.1. The average molecular weight is 412 g/mol. The van der Waals surface area contributed by atoms with Gasteiger partial charge in [0.15, 0.2) is 11.5 Å². The van der Waals surface area contributed by atoms with Gasteiger partial charge in [-0.2, -0.15) is 5.10 Å². The van der Waals surface area contributed by atoms with Gasteiger partial charge in [0.05, 0.1) is 19.9 Å². The van der Waals surface area contributed by atoms with E-state index in [1.54, 1.807) is 23.0 Å². The first-order valence-electron chi connectivity index (χ1n) is 10.4. The van der Waals surface area contributed by atoms with Gasteiger partial charge < -0.3 is 19.7 Å². The Kier molecular flexibility index (Phi) is 5.65. The lowest BCUT2D eigenvalue weighted by atomic mass is 9.91. The van der Waals surface area contributed by atoms with Crippen molar-refractivity contribution in [2.24, 2.45) is 13.0 Å². The summed E-state index contributed by atoms with van der Waals surface area (Å²) in [6.07, 6.45) is 6.03. The van der Waals surface area contributed by atoms with Crippen LogP contribution in [0.3, 0.4) is 0 Å². The Labute approximate surface area is 176 Å². The first-order chi connectivity index (χ1) is 14.5. The molecular formula is C22H28N4O4. The molecule has 2 heterocycles. The normalized spacial score (nSPS) is 19.8. The Bertz CT molecular complexity index is 955. The molecule has 0 spiro atoms. The highest BCUT2D eigenvalue weighted by Crippen LogP contribution is 2.41. The molecule has 2 fully saturated rings. The minimum Gasteiger partial charge on any atom is -0.493 e. The number of fused-ring (bicyclic) bond motifs is 1. The largest absolute Gasteiger partial charge is 0.493 e. The molecule has 0 bridgehead atoms. The number of amides is 2. The molecule has 4 rings (SSSR count). The average Bonchev–Trinajstić information content (AvgIpc) is 3.30. The van der Waals surface area contributed by atoms with Crippen LogP contribution in [0, 0.1) is 5.92 Å². The van der Waals surface area contributed by atoms with Crippen LogP contribution in [0.25, 0.3) is 0 Å². The van der Waals surface area contributed by atoms with Crippen LogP contribution in [0.15, 0.2) is 24.4 Å². The second kappa shape index (κ2) is 8.38. The minimum absolute atomic E-state index is 0.0236. The second-order valence-corrected chi connectivity index (χ2v) is 7.97. The molecule has 1 aliphatic heterocycles. The van der Waals surface area contributed by atoms with Crippen LogP contribution in [0.1, 0.15) is 41.7 Å². The van der Waals surface area contributed by atoms with Crippen molar-refractivity contribution in [1.29, 1.82) is 0 Å². The number of likely N-dealkylation sites (tertiary alicyclic amines) is 1. The number of nitrogens with zero attached hydrogens (tertiary/aromatic N) is 3. The fourth-order valence-electron chi connectivity index (χ4n) is 4.57. The number of aromatic nitrogens is 2. The fourth-order valence-corrected chi connectivity index (χ4v) is 4.57. The highest BCUT2D eigenvalue weighted by atomic mass is 16.5. The standard InChI is InChI=1S/C22H28N4O4/c1-25-16(9-10-23-25)7-8-20(27)24-17-11-15(12-19(29-2)21(17)30-3)22(28)26-13-14-5-4-6-18(14)26/h9-12,14,18H,4-8,13H2,1-3H3,(H,24,27)/t14-,18-/m0/s1. The molecule has 8 heteroatoms. The van der Waals surface area contributed by atoms with Gasteiger partial charge in [-0.3, -0.25) is 14.3 Å². The van der Waals surface area contributed by atoms with Gasteiger partial charge in [0.2, 0.25) is 5.91 Å². The Morgan fingerprint density at radius 2 is 2.07 bits per heavy atom. The summed E-state index contributed by atoms with van der Waals surface area (Å²) in [4.78, 5) is 27.6. The SMILES string of the molecule is COc1cc(C(=O)N2C[C@@H]3CCC[C@@H]32)cc(NC(=O)CCc2ccnn2C)c1OC. The quantitative estimate of drug-likeness (QED) is 0.756. The summed E-state index contributed by atoms with van der Waals surface area (Å²) in [6.45, 7) is 0.810. The molecule has 8 nitrogen and oxygen atoms in total. The van der Waals surface area contributed by atoms with E-state index in [0.29, 0.717) is 47.6 Å². The highest BCUT2D eigenvalue weighted by molar-refractivity contribution is 6.00. The molecule has 1 aromatic heterocycles. The summed E-state index contributed by atoms with van der Waals surface area (Å²) in [5.74, 6) is 1.28. The van der Waals surface area contributed by atoms with Crippen molar-refractivity contribution in [3.05, 3.63) is 35.7 Å². The van der Waals surface area contributed by atoms with Crippen LogP contribution < -0.4 is 14.8 Å². The van der Waals surface area contributed by atoms with E-state index in [9.17, 15) is 9.59 Å². The van der Waals surface area contributed by atoms with E-state index >= 15 is 0 Å². The summed E-state index contributed by atoms with van der Waals surface area (Å²) >= 11 is 0. The molecule has 2 atom stereocenters. The number of ether oxygens (including phenoxy) is 2. The predicted molar refractivity (Wildman–Crippen MR) is 112 cm³/mol. The molecule has 1 aliphatic carbocycles. The van der Waals surface area contributed by atoms with Crippen LogP contribution >= 0.6 is 0 Å². The van der Waals surface area contributed by atoms with Gasteiger partial charge in [0.1, 0.15) is 0 Å². The van der Waals surface area contributed by atoms with E-state index in [4.69, 9.17) is 9.47 Å². The van der Waals surface area contributed by atoms with Crippen molar-refractivity contribution in [3.63, 3.8) is 0 Å². The molecule has 1 saturated carbocycles. The number of rotatable bonds is 7. The number of aryl methyl sites for hydroxylation is 2. The maximum atomic E-state index is 13.1. The Morgan fingerprint density at radius 3 is 2.73 bits per heavy atom. The molecule has 2 aliphatic rings. The van der Waals surface area contributed by atoms with E-state index in [0.717, 1.165) is 18.7 Å². The summed E-state index contributed by atoms with van der Waals surface area (Å²) in [5, 5.41) is 7.01. The van der Waals surface area contributed by atoms with Crippen LogP contribution in [-0.2, 0) is 18.3 Å². The first-order valence-corrected chi connectivity index (χ1v) is 10.4. The first kappa shape index (κ1) is 20.3. The lowest BCUT2D eigenvalue weighted by Crippen LogP contribution is -2.55. The highest BCUT2D eigenvalue weighted by Gasteiger charge is 2.44. The summed E-state index contributed by atoms with van der Waals surface area (Å²) in [6, 6.07) is 5.62. The molecule has 1 N–H and O–H groups in total. The van der Waals surface area contributed by atoms with Crippen LogP contribution in [0.2, 0.25) is 0 Å². The zero-order chi connectivity index (χ0) is 21.3.